The Hall–Kier alpha value is -2.09. The van der Waals surface area contributed by atoms with Crippen LogP contribution in [-0.2, 0) is 6.18 Å². The molecule has 0 radical (unpaired) electrons. The standard InChI is InChI=1S/C15H13BrF3N3O/c1-9(10-3-5-13(23-2)12(16)7-10)21-22-14-6-4-11(8-20-14)15(17,18)19/h3-8H,1-2H3,(H,20,22)/b21-9-. The smallest absolute Gasteiger partial charge is 0.417 e. The van der Waals surface area contributed by atoms with Gasteiger partial charge in [-0.05, 0) is 58.7 Å². The number of aromatic nitrogens is 1. The van der Waals surface area contributed by atoms with E-state index in [0.29, 0.717) is 11.5 Å². The van der Waals surface area contributed by atoms with Crippen LogP contribution in [0.25, 0.3) is 0 Å². The zero-order valence-electron chi connectivity index (χ0n) is 12.3. The Balaban J connectivity index is 2.11. The first-order chi connectivity index (χ1) is 10.8. The van der Waals surface area contributed by atoms with Crippen LogP contribution in [0.15, 0.2) is 46.1 Å². The Bertz CT molecular complexity index is 715. The van der Waals surface area contributed by atoms with Gasteiger partial charge in [0.05, 0.1) is 22.9 Å². The molecule has 0 saturated heterocycles. The summed E-state index contributed by atoms with van der Waals surface area (Å²) in [5.41, 5.74) is 3.31. The highest BCUT2D eigenvalue weighted by Gasteiger charge is 2.30. The summed E-state index contributed by atoms with van der Waals surface area (Å²) in [5.74, 6) is 0.920. The summed E-state index contributed by atoms with van der Waals surface area (Å²) >= 11 is 3.38. The van der Waals surface area contributed by atoms with E-state index in [0.717, 1.165) is 22.3 Å². The maximum absolute atomic E-state index is 12.5. The first-order valence-electron chi connectivity index (χ1n) is 6.48. The van der Waals surface area contributed by atoms with E-state index in [-0.39, 0.29) is 5.82 Å². The van der Waals surface area contributed by atoms with Crippen molar-refractivity contribution >= 4 is 27.5 Å². The second-order valence-corrected chi connectivity index (χ2v) is 5.44. The molecule has 0 unspecified atom stereocenters. The molecule has 23 heavy (non-hydrogen) atoms. The Kier molecular flexibility index (Phi) is 5.25. The molecule has 2 rings (SSSR count). The molecule has 0 bridgehead atoms. The maximum Gasteiger partial charge on any atom is 0.417 e. The normalized spacial score (nSPS) is 12.2. The molecule has 0 atom stereocenters. The van der Waals surface area contributed by atoms with Crippen LogP contribution in [0.2, 0.25) is 0 Å². The molecular formula is C15H13BrF3N3O. The number of alkyl halides is 3. The highest BCUT2D eigenvalue weighted by atomic mass is 79.9. The highest BCUT2D eigenvalue weighted by Crippen LogP contribution is 2.29. The minimum atomic E-state index is -4.40. The van der Waals surface area contributed by atoms with Crippen molar-refractivity contribution in [3.05, 3.63) is 52.1 Å². The molecule has 1 heterocycles. The van der Waals surface area contributed by atoms with Crippen molar-refractivity contribution in [2.45, 2.75) is 13.1 Å². The Labute approximate surface area is 139 Å². The van der Waals surface area contributed by atoms with Gasteiger partial charge in [0, 0.05) is 6.20 Å². The minimum Gasteiger partial charge on any atom is -0.496 e. The Morgan fingerprint density at radius 1 is 1.26 bits per heavy atom. The number of hydrazone groups is 1. The SMILES string of the molecule is COc1ccc(/C(C)=N\Nc2ccc(C(F)(F)F)cn2)cc1Br. The fourth-order valence-electron chi connectivity index (χ4n) is 1.72. The van der Waals surface area contributed by atoms with Gasteiger partial charge in [0.1, 0.15) is 11.6 Å². The van der Waals surface area contributed by atoms with Gasteiger partial charge in [0.25, 0.3) is 0 Å². The summed E-state index contributed by atoms with van der Waals surface area (Å²) in [6, 6.07) is 7.62. The van der Waals surface area contributed by atoms with E-state index in [1.807, 2.05) is 12.1 Å². The number of nitrogens with zero attached hydrogens (tertiary/aromatic N) is 2. The van der Waals surface area contributed by atoms with Crippen molar-refractivity contribution in [2.75, 3.05) is 12.5 Å². The average molecular weight is 388 g/mol. The molecule has 8 heteroatoms. The van der Waals surface area contributed by atoms with Gasteiger partial charge in [-0.1, -0.05) is 0 Å². The maximum atomic E-state index is 12.5. The van der Waals surface area contributed by atoms with Crippen molar-refractivity contribution in [1.29, 1.82) is 0 Å². The number of anilines is 1. The van der Waals surface area contributed by atoms with Crippen LogP contribution in [0.3, 0.4) is 0 Å². The summed E-state index contributed by atoms with van der Waals surface area (Å²) in [5, 5.41) is 4.11. The van der Waals surface area contributed by atoms with E-state index in [9.17, 15) is 13.2 Å². The molecule has 0 aliphatic rings. The third-order valence-corrected chi connectivity index (χ3v) is 3.62. The Morgan fingerprint density at radius 3 is 2.52 bits per heavy atom. The fourth-order valence-corrected chi connectivity index (χ4v) is 2.27. The molecule has 122 valence electrons. The number of nitrogens with one attached hydrogen (secondary N) is 1. The van der Waals surface area contributed by atoms with Gasteiger partial charge >= 0.3 is 6.18 Å². The third-order valence-electron chi connectivity index (χ3n) is 3.00. The molecule has 2 aromatic rings. The number of ether oxygens (including phenoxy) is 1. The van der Waals surface area contributed by atoms with Gasteiger partial charge < -0.3 is 4.74 Å². The Morgan fingerprint density at radius 2 is 2.00 bits per heavy atom. The largest absolute Gasteiger partial charge is 0.496 e. The van der Waals surface area contributed by atoms with Crippen LogP contribution in [-0.4, -0.2) is 17.8 Å². The van der Waals surface area contributed by atoms with Crippen molar-refractivity contribution < 1.29 is 17.9 Å². The van der Waals surface area contributed by atoms with Crippen molar-refractivity contribution in [2.24, 2.45) is 5.10 Å². The van der Waals surface area contributed by atoms with Crippen LogP contribution in [0.5, 0.6) is 5.75 Å². The fraction of sp³-hybridized carbons (Fsp3) is 0.200. The first-order valence-corrected chi connectivity index (χ1v) is 7.28. The lowest BCUT2D eigenvalue weighted by molar-refractivity contribution is -0.137. The third kappa shape index (κ3) is 4.44. The van der Waals surface area contributed by atoms with E-state index in [2.05, 4.69) is 31.4 Å². The van der Waals surface area contributed by atoms with Gasteiger partial charge in [-0.25, -0.2) is 4.98 Å². The molecule has 1 aromatic heterocycles. The monoisotopic (exact) mass is 387 g/mol. The first kappa shape index (κ1) is 17.3. The summed E-state index contributed by atoms with van der Waals surface area (Å²) in [6.45, 7) is 1.77. The van der Waals surface area contributed by atoms with Crippen LogP contribution in [0.4, 0.5) is 19.0 Å². The second-order valence-electron chi connectivity index (χ2n) is 4.59. The van der Waals surface area contributed by atoms with Crippen LogP contribution in [0.1, 0.15) is 18.1 Å². The minimum absolute atomic E-state index is 0.227. The van der Waals surface area contributed by atoms with Crippen molar-refractivity contribution in [3.63, 3.8) is 0 Å². The number of pyridine rings is 1. The zero-order valence-corrected chi connectivity index (χ0v) is 13.9. The van der Waals surface area contributed by atoms with E-state index < -0.39 is 11.7 Å². The molecular weight excluding hydrogens is 375 g/mol. The molecule has 0 spiro atoms. The summed E-state index contributed by atoms with van der Waals surface area (Å²) < 4.78 is 43.3. The molecule has 1 aromatic carbocycles. The quantitative estimate of drug-likeness (QED) is 0.610. The highest BCUT2D eigenvalue weighted by molar-refractivity contribution is 9.10. The summed E-state index contributed by atoms with van der Waals surface area (Å²) in [7, 11) is 1.57. The van der Waals surface area contributed by atoms with Crippen molar-refractivity contribution in [3.8, 4) is 5.75 Å². The lowest BCUT2D eigenvalue weighted by Gasteiger charge is -2.08. The number of hydrogen-bond donors (Lipinski definition) is 1. The van der Waals surface area contributed by atoms with E-state index in [4.69, 9.17) is 4.74 Å². The number of halogens is 4. The van der Waals surface area contributed by atoms with Crippen LogP contribution < -0.4 is 10.2 Å². The molecule has 0 saturated carbocycles. The van der Waals surface area contributed by atoms with Crippen LogP contribution in [0, 0.1) is 0 Å². The van der Waals surface area contributed by atoms with E-state index in [1.165, 1.54) is 6.07 Å². The molecule has 4 nitrogen and oxygen atoms in total. The van der Waals surface area contributed by atoms with Crippen LogP contribution >= 0.6 is 15.9 Å². The predicted molar refractivity (Wildman–Crippen MR) is 85.8 cm³/mol. The molecule has 0 fully saturated rings. The second kappa shape index (κ2) is 6.99. The van der Waals surface area contributed by atoms with E-state index >= 15 is 0 Å². The lowest BCUT2D eigenvalue weighted by atomic mass is 10.1. The van der Waals surface area contributed by atoms with E-state index in [1.54, 1.807) is 20.1 Å². The van der Waals surface area contributed by atoms with Crippen molar-refractivity contribution in [1.82, 2.24) is 4.98 Å². The zero-order chi connectivity index (χ0) is 17.0. The number of benzene rings is 1. The molecule has 0 amide bonds. The summed E-state index contributed by atoms with van der Waals surface area (Å²) in [6.07, 6.45) is -3.64. The lowest BCUT2D eigenvalue weighted by Crippen LogP contribution is -2.06. The van der Waals surface area contributed by atoms with Gasteiger partial charge in [-0.15, -0.1) is 0 Å². The molecule has 0 aliphatic carbocycles. The number of hydrogen-bond acceptors (Lipinski definition) is 4. The topological polar surface area (TPSA) is 46.5 Å². The predicted octanol–water partition coefficient (Wildman–Crippen LogP) is 4.71. The number of methoxy groups -OCH3 is 1. The number of rotatable bonds is 4. The van der Waals surface area contributed by atoms with Gasteiger partial charge in [0.2, 0.25) is 0 Å². The molecule has 0 aliphatic heterocycles. The molecule has 1 N–H and O–H groups in total. The van der Waals surface area contributed by atoms with Gasteiger partial charge in [-0.3, -0.25) is 5.43 Å². The summed E-state index contributed by atoms with van der Waals surface area (Å²) in [4.78, 5) is 3.69. The average Bonchev–Trinajstić information content (AvgIpc) is 2.52. The van der Waals surface area contributed by atoms with Gasteiger partial charge in [0.15, 0.2) is 0 Å². The van der Waals surface area contributed by atoms with Gasteiger partial charge in [-0.2, -0.15) is 18.3 Å².